The van der Waals surface area contributed by atoms with Crippen molar-refractivity contribution in [2.75, 3.05) is 0 Å². The molecule has 0 bridgehead atoms. The Morgan fingerprint density at radius 3 is 1.21 bits per heavy atom. The predicted octanol–water partition coefficient (Wildman–Crippen LogP) is 8.58. The fourth-order valence-electron chi connectivity index (χ4n) is 5.23. The molecule has 0 atom stereocenters. The van der Waals surface area contributed by atoms with Crippen LogP contribution in [-0.2, 0) is 5.41 Å². The minimum Gasteiger partial charge on any atom is -0.457 e. The van der Waals surface area contributed by atoms with Gasteiger partial charge in [0.1, 0.15) is 23.0 Å². The van der Waals surface area contributed by atoms with E-state index in [4.69, 9.17) is 9.47 Å². The van der Waals surface area contributed by atoms with Crippen LogP contribution in [0, 0.1) is 26.1 Å². The maximum atomic E-state index is 10.9. The van der Waals surface area contributed by atoms with Crippen LogP contribution in [0.15, 0.2) is 97.1 Å². The Labute approximate surface area is 226 Å². The summed E-state index contributed by atoms with van der Waals surface area (Å²) < 4.78 is 11.9. The summed E-state index contributed by atoms with van der Waals surface area (Å²) in [5, 5.41) is 21.8. The lowest BCUT2D eigenvalue weighted by molar-refractivity contribution is -0.385. The number of ether oxygens (including phenoxy) is 2. The predicted molar refractivity (Wildman–Crippen MR) is 148 cm³/mol. The van der Waals surface area contributed by atoms with Gasteiger partial charge >= 0.3 is 0 Å². The Hall–Kier alpha value is -4.72. The molecule has 0 radical (unpaired) electrons. The lowest BCUT2D eigenvalue weighted by atomic mass is 9.63. The van der Waals surface area contributed by atoms with Gasteiger partial charge in [0, 0.05) is 29.7 Å². The third kappa shape index (κ3) is 5.75. The van der Waals surface area contributed by atoms with Crippen LogP contribution in [0.25, 0.3) is 0 Å². The molecule has 198 valence electrons. The van der Waals surface area contributed by atoms with Crippen molar-refractivity contribution >= 4 is 11.4 Å². The molecule has 1 fully saturated rings. The fourth-order valence-corrected chi connectivity index (χ4v) is 5.23. The number of hydrogen-bond acceptors (Lipinski definition) is 6. The summed E-state index contributed by atoms with van der Waals surface area (Å²) >= 11 is 0. The molecule has 8 heteroatoms. The molecule has 0 unspecified atom stereocenters. The second-order valence-electron chi connectivity index (χ2n) is 10.0. The molecule has 0 saturated heterocycles. The van der Waals surface area contributed by atoms with E-state index in [1.165, 1.54) is 35.4 Å². The first-order valence-electron chi connectivity index (χ1n) is 12.9. The van der Waals surface area contributed by atoms with E-state index in [-0.39, 0.29) is 16.8 Å². The van der Waals surface area contributed by atoms with Gasteiger partial charge in [-0.25, -0.2) is 0 Å². The summed E-state index contributed by atoms with van der Waals surface area (Å²) in [7, 11) is 0. The van der Waals surface area contributed by atoms with Crippen molar-refractivity contribution in [2.24, 2.45) is 5.92 Å². The van der Waals surface area contributed by atoms with Gasteiger partial charge in [0.05, 0.1) is 9.85 Å². The number of nitro benzene ring substituents is 2. The molecule has 4 aromatic carbocycles. The van der Waals surface area contributed by atoms with Gasteiger partial charge in [0.2, 0.25) is 0 Å². The molecule has 5 rings (SSSR count). The van der Waals surface area contributed by atoms with Gasteiger partial charge in [-0.05, 0) is 91.3 Å². The van der Waals surface area contributed by atoms with Crippen LogP contribution < -0.4 is 9.47 Å². The average molecular weight is 525 g/mol. The molecular weight excluding hydrogens is 496 g/mol. The summed E-state index contributed by atoms with van der Waals surface area (Å²) in [4.78, 5) is 20.9. The standard InChI is InChI=1S/C31H28N2O6/c1-22-18-20-31(21-19-22,23-2-10-27(11-3-23)38-29-14-6-25(7-15-29)32(34)35)24-4-12-28(13-5-24)39-30-16-8-26(9-17-30)33(36)37/h2-17,22H,18-21H2,1H3. The zero-order valence-electron chi connectivity index (χ0n) is 21.5. The SMILES string of the molecule is CC1CCC(c2ccc(Oc3ccc([N+](=O)[O-])cc3)cc2)(c2ccc(Oc3ccc([N+](=O)[O-])cc3)cc2)CC1. The Balaban J connectivity index is 1.35. The number of non-ortho nitro benzene ring substituents is 2. The van der Waals surface area contributed by atoms with Crippen molar-refractivity contribution in [3.05, 3.63) is 128 Å². The minimum atomic E-state index is -0.433. The van der Waals surface area contributed by atoms with Crippen LogP contribution >= 0.6 is 0 Å². The highest BCUT2D eigenvalue weighted by molar-refractivity contribution is 5.46. The van der Waals surface area contributed by atoms with Crippen molar-refractivity contribution in [2.45, 2.75) is 38.0 Å². The second kappa shape index (κ2) is 10.9. The van der Waals surface area contributed by atoms with Gasteiger partial charge in [-0.15, -0.1) is 0 Å². The van der Waals surface area contributed by atoms with Gasteiger partial charge in [0.25, 0.3) is 11.4 Å². The van der Waals surface area contributed by atoms with Crippen LogP contribution in [-0.4, -0.2) is 9.85 Å². The van der Waals surface area contributed by atoms with Crippen molar-refractivity contribution < 1.29 is 19.3 Å². The van der Waals surface area contributed by atoms with E-state index >= 15 is 0 Å². The highest BCUT2D eigenvalue weighted by Crippen LogP contribution is 2.47. The Bertz CT molecular complexity index is 1340. The van der Waals surface area contributed by atoms with Gasteiger partial charge in [-0.3, -0.25) is 20.2 Å². The number of rotatable bonds is 8. The first-order valence-corrected chi connectivity index (χ1v) is 12.9. The molecule has 0 N–H and O–H groups in total. The molecule has 0 aromatic heterocycles. The van der Waals surface area contributed by atoms with E-state index in [9.17, 15) is 20.2 Å². The normalized spacial score (nSPS) is 14.9. The van der Waals surface area contributed by atoms with E-state index < -0.39 is 9.85 Å². The van der Waals surface area contributed by atoms with Crippen molar-refractivity contribution in [3.63, 3.8) is 0 Å². The number of nitro groups is 2. The lowest BCUT2D eigenvalue weighted by Crippen LogP contribution is -2.32. The van der Waals surface area contributed by atoms with Crippen molar-refractivity contribution in [1.29, 1.82) is 0 Å². The molecule has 1 saturated carbocycles. The Kier molecular flexibility index (Phi) is 7.27. The van der Waals surface area contributed by atoms with Crippen molar-refractivity contribution in [3.8, 4) is 23.0 Å². The first-order chi connectivity index (χ1) is 18.8. The molecular formula is C31H28N2O6. The maximum absolute atomic E-state index is 10.9. The van der Waals surface area contributed by atoms with Gasteiger partial charge in [-0.2, -0.15) is 0 Å². The average Bonchev–Trinajstić information content (AvgIpc) is 2.95. The topological polar surface area (TPSA) is 105 Å². The number of benzene rings is 4. The molecule has 0 amide bonds. The molecule has 8 nitrogen and oxygen atoms in total. The monoisotopic (exact) mass is 524 g/mol. The zero-order chi connectivity index (χ0) is 27.4. The van der Waals surface area contributed by atoms with Gasteiger partial charge in [-0.1, -0.05) is 31.2 Å². The van der Waals surface area contributed by atoms with Gasteiger partial charge < -0.3 is 9.47 Å². The molecule has 1 aliphatic rings. The zero-order valence-corrected chi connectivity index (χ0v) is 21.5. The van der Waals surface area contributed by atoms with Crippen LogP contribution in [0.3, 0.4) is 0 Å². The van der Waals surface area contributed by atoms with Crippen molar-refractivity contribution in [1.82, 2.24) is 0 Å². The van der Waals surface area contributed by atoms with E-state index in [0.717, 1.165) is 25.7 Å². The largest absolute Gasteiger partial charge is 0.457 e. The third-order valence-electron chi connectivity index (χ3n) is 7.51. The summed E-state index contributed by atoms with van der Waals surface area (Å²) in [5.41, 5.74) is 2.35. The molecule has 39 heavy (non-hydrogen) atoms. The smallest absolute Gasteiger partial charge is 0.269 e. The van der Waals surface area contributed by atoms with Gasteiger partial charge in [0.15, 0.2) is 0 Å². The van der Waals surface area contributed by atoms with E-state index in [2.05, 4.69) is 31.2 Å². The first kappa shape index (κ1) is 25.9. The third-order valence-corrected chi connectivity index (χ3v) is 7.51. The Morgan fingerprint density at radius 1 is 0.590 bits per heavy atom. The second-order valence-corrected chi connectivity index (χ2v) is 10.0. The number of hydrogen-bond donors (Lipinski definition) is 0. The quantitative estimate of drug-likeness (QED) is 0.169. The summed E-state index contributed by atoms with van der Waals surface area (Å²) in [6.07, 6.45) is 4.31. The highest BCUT2D eigenvalue weighted by Gasteiger charge is 2.37. The highest BCUT2D eigenvalue weighted by atomic mass is 16.6. The fraction of sp³-hybridized carbons (Fsp3) is 0.226. The van der Waals surface area contributed by atoms with E-state index in [1.54, 1.807) is 24.3 Å². The summed E-state index contributed by atoms with van der Waals surface area (Å²) in [6.45, 7) is 2.30. The lowest BCUT2D eigenvalue weighted by Gasteiger charge is -2.41. The van der Waals surface area contributed by atoms with Crippen LogP contribution in [0.4, 0.5) is 11.4 Å². The molecule has 4 aromatic rings. The maximum Gasteiger partial charge on any atom is 0.269 e. The number of nitrogens with zero attached hydrogens (tertiary/aromatic N) is 2. The van der Waals surface area contributed by atoms with E-state index in [0.29, 0.717) is 28.9 Å². The molecule has 0 heterocycles. The summed E-state index contributed by atoms with van der Waals surface area (Å²) in [5.74, 6) is 3.08. The summed E-state index contributed by atoms with van der Waals surface area (Å²) in [6, 6.07) is 28.3. The molecule has 0 spiro atoms. The van der Waals surface area contributed by atoms with Crippen LogP contribution in [0.5, 0.6) is 23.0 Å². The van der Waals surface area contributed by atoms with Crippen LogP contribution in [0.2, 0.25) is 0 Å². The molecule has 1 aliphatic carbocycles. The van der Waals surface area contributed by atoms with E-state index in [1.807, 2.05) is 24.3 Å². The molecule has 0 aliphatic heterocycles. The Morgan fingerprint density at radius 2 is 0.897 bits per heavy atom. The van der Waals surface area contributed by atoms with Crippen LogP contribution in [0.1, 0.15) is 43.7 Å². The minimum absolute atomic E-state index is 0.0235.